The van der Waals surface area contributed by atoms with Crippen molar-refractivity contribution < 1.29 is 9.13 Å². The average Bonchev–Trinajstić information content (AvgIpc) is 2.49. The highest BCUT2D eigenvalue weighted by Gasteiger charge is 2.21. The summed E-state index contributed by atoms with van der Waals surface area (Å²) < 4.78 is 19.0. The molecule has 0 fully saturated rings. The third-order valence-electron chi connectivity index (χ3n) is 3.72. The van der Waals surface area contributed by atoms with Gasteiger partial charge in [-0.1, -0.05) is 30.3 Å². The fourth-order valence-electron chi connectivity index (χ4n) is 2.76. The summed E-state index contributed by atoms with van der Waals surface area (Å²) >= 11 is 0. The highest BCUT2D eigenvalue weighted by Crippen LogP contribution is 2.26. The molecule has 2 aromatic carbocycles. The first-order chi connectivity index (χ1) is 10.2. The summed E-state index contributed by atoms with van der Waals surface area (Å²) in [7, 11) is 0. The molecule has 110 valence electrons. The quantitative estimate of drug-likeness (QED) is 0.939. The molecule has 2 aromatic rings. The maximum Gasteiger partial charge on any atom is 0.165 e. The van der Waals surface area contributed by atoms with Gasteiger partial charge >= 0.3 is 0 Å². The van der Waals surface area contributed by atoms with Crippen molar-refractivity contribution in [1.82, 2.24) is 0 Å². The highest BCUT2D eigenvalue weighted by molar-refractivity contribution is 5.56. The van der Waals surface area contributed by atoms with E-state index in [1.54, 1.807) is 18.2 Å². The van der Waals surface area contributed by atoms with Gasteiger partial charge in [-0.15, -0.1) is 0 Å². The largest absolute Gasteiger partial charge is 0.489 e. The summed E-state index contributed by atoms with van der Waals surface area (Å²) in [5.74, 6) is -0.0275. The van der Waals surface area contributed by atoms with Gasteiger partial charge in [-0.2, -0.15) is 0 Å². The number of anilines is 1. The number of hydrogen-bond donors (Lipinski definition) is 1. The van der Waals surface area contributed by atoms with Gasteiger partial charge in [0.1, 0.15) is 6.61 Å². The van der Waals surface area contributed by atoms with E-state index in [4.69, 9.17) is 10.5 Å². The Balaban J connectivity index is 1.65. The highest BCUT2D eigenvalue weighted by atomic mass is 19.1. The van der Waals surface area contributed by atoms with E-state index in [1.807, 2.05) is 12.1 Å². The molecule has 1 atom stereocenters. The van der Waals surface area contributed by atoms with Gasteiger partial charge in [0.2, 0.25) is 0 Å². The molecule has 1 aliphatic rings. The van der Waals surface area contributed by atoms with Crippen LogP contribution in [-0.4, -0.2) is 25.7 Å². The minimum Gasteiger partial charge on any atom is -0.489 e. The number of ether oxygens (including phenoxy) is 1. The summed E-state index contributed by atoms with van der Waals surface area (Å²) in [5.41, 5.74) is 8.58. The summed E-state index contributed by atoms with van der Waals surface area (Å²) in [5, 5.41) is 0. The summed E-state index contributed by atoms with van der Waals surface area (Å²) in [6, 6.07) is 14.9. The molecule has 0 bridgehead atoms. The predicted octanol–water partition coefficient (Wildman–Crippen LogP) is 2.59. The van der Waals surface area contributed by atoms with E-state index in [0.29, 0.717) is 18.9 Å². The van der Waals surface area contributed by atoms with Crippen LogP contribution in [-0.2, 0) is 6.42 Å². The minimum absolute atomic E-state index is 0.133. The van der Waals surface area contributed by atoms with E-state index in [-0.39, 0.29) is 11.9 Å². The zero-order valence-electron chi connectivity index (χ0n) is 11.8. The number of nitrogens with two attached hydrogens (primary N) is 1. The minimum atomic E-state index is -0.326. The standard InChI is InChI=1S/C17H19FN2O/c18-15-6-2-4-8-17(15)21-10-9-20-12-14(19)11-13-5-1-3-7-16(13)20/h1-8,14H,9-12,19H2. The zero-order chi connectivity index (χ0) is 14.7. The monoisotopic (exact) mass is 286 g/mol. The van der Waals surface area contributed by atoms with Crippen molar-refractivity contribution in [2.45, 2.75) is 12.5 Å². The Hall–Kier alpha value is -2.07. The number of benzene rings is 2. The van der Waals surface area contributed by atoms with Crippen LogP contribution in [0.15, 0.2) is 48.5 Å². The van der Waals surface area contributed by atoms with Crippen LogP contribution in [0.1, 0.15) is 5.56 Å². The van der Waals surface area contributed by atoms with E-state index < -0.39 is 0 Å². The lowest BCUT2D eigenvalue weighted by molar-refractivity contribution is 0.305. The molecule has 0 aliphatic carbocycles. The lowest BCUT2D eigenvalue weighted by Gasteiger charge is -2.34. The first-order valence-corrected chi connectivity index (χ1v) is 7.20. The van der Waals surface area contributed by atoms with E-state index in [2.05, 4.69) is 17.0 Å². The van der Waals surface area contributed by atoms with Gasteiger partial charge in [0, 0.05) is 18.3 Å². The number of nitrogens with zero attached hydrogens (tertiary/aromatic N) is 1. The average molecular weight is 286 g/mol. The molecular formula is C17H19FN2O. The van der Waals surface area contributed by atoms with Crippen LogP contribution >= 0.6 is 0 Å². The van der Waals surface area contributed by atoms with Crippen molar-refractivity contribution in [3.63, 3.8) is 0 Å². The second kappa shape index (κ2) is 6.14. The molecule has 1 heterocycles. The van der Waals surface area contributed by atoms with Gasteiger partial charge in [0.05, 0.1) is 6.54 Å². The van der Waals surface area contributed by atoms with Crippen molar-refractivity contribution in [3.8, 4) is 5.75 Å². The molecule has 1 unspecified atom stereocenters. The normalized spacial score (nSPS) is 17.4. The van der Waals surface area contributed by atoms with Crippen molar-refractivity contribution >= 4 is 5.69 Å². The Morgan fingerprint density at radius 1 is 1.14 bits per heavy atom. The van der Waals surface area contributed by atoms with E-state index in [0.717, 1.165) is 13.0 Å². The molecule has 0 saturated heterocycles. The zero-order valence-corrected chi connectivity index (χ0v) is 11.8. The summed E-state index contributed by atoms with van der Waals surface area (Å²) in [4.78, 5) is 2.21. The van der Waals surface area contributed by atoms with Crippen LogP contribution in [0, 0.1) is 5.82 Å². The van der Waals surface area contributed by atoms with Gasteiger partial charge in [-0.3, -0.25) is 0 Å². The molecule has 2 N–H and O–H groups in total. The maximum atomic E-state index is 13.5. The maximum absolute atomic E-state index is 13.5. The SMILES string of the molecule is NC1Cc2ccccc2N(CCOc2ccccc2F)C1. The molecular weight excluding hydrogens is 267 g/mol. The predicted molar refractivity (Wildman–Crippen MR) is 82.2 cm³/mol. The third kappa shape index (κ3) is 3.16. The molecule has 3 rings (SSSR count). The van der Waals surface area contributed by atoms with Crippen LogP contribution in [0.3, 0.4) is 0 Å². The summed E-state index contributed by atoms with van der Waals surface area (Å²) in [6.07, 6.45) is 0.904. The molecule has 0 saturated carbocycles. The van der Waals surface area contributed by atoms with Crippen LogP contribution in [0.5, 0.6) is 5.75 Å². The smallest absolute Gasteiger partial charge is 0.165 e. The Morgan fingerprint density at radius 2 is 1.90 bits per heavy atom. The number of rotatable bonds is 4. The Labute approximate surface area is 124 Å². The molecule has 4 heteroatoms. The van der Waals surface area contributed by atoms with Crippen LogP contribution in [0.4, 0.5) is 10.1 Å². The van der Waals surface area contributed by atoms with Crippen LogP contribution < -0.4 is 15.4 Å². The molecule has 3 nitrogen and oxygen atoms in total. The topological polar surface area (TPSA) is 38.5 Å². The Bertz CT molecular complexity index is 617. The van der Waals surface area contributed by atoms with E-state index in [9.17, 15) is 4.39 Å². The molecule has 0 amide bonds. The molecule has 21 heavy (non-hydrogen) atoms. The van der Waals surface area contributed by atoms with Gasteiger partial charge < -0.3 is 15.4 Å². The Morgan fingerprint density at radius 3 is 2.76 bits per heavy atom. The van der Waals surface area contributed by atoms with Gasteiger partial charge in [-0.25, -0.2) is 4.39 Å². The van der Waals surface area contributed by atoms with Crippen molar-refractivity contribution in [3.05, 3.63) is 59.9 Å². The first-order valence-electron chi connectivity index (χ1n) is 7.20. The van der Waals surface area contributed by atoms with Crippen molar-refractivity contribution in [2.24, 2.45) is 5.73 Å². The molecule has 0 aromatic heterocycles. The van der Waals surface area contributed by atoms with E-state index >= 15 is 0 Å². The van der Waals surface area contributed by atoms with Crippen molar-refractivity contribution in [1.29, 1.82) is 0 Å². The number of para-hydroxylation sites is 2. The number of fused-ring (bicyclic) bond motifs is 1. The van der Waals surface area contributed by atoms with Crippen LogP contribution in [0.2, 0.25) is 0 Å². The van der Waals surface area contributed by atoms with E-state index in [1.165, 1.54) is 17.3 Å². The lowest BCUT2D eigenvalue weighted by atomic mass is 9.98. The third-order valence-corrected chi connectivity index (χ3v) is 3.72. The number of hydrogen-bond acceptors (Lipinski definition) is 3. The number of halogens is 1. The van der Waals surface area contributed by atoms with Crippen LogP contribution in [0.25, 0.3) is 0 Å². The Kier molecular flexibility index (Phi) is 4.06. The van der Waals surface area contributed by atoms with Gasteiger partial charge in [0.15, 0.2) is 11.6 Å². The van der Waals surface area contributed by atoms with Gasteiger partial charge in [-0.05, 0) is 30.2 Å². The summed E-state index contributed by atoms with van der Waals surface area (Å²) in [6.45, 7) is 1.93. The molecule has 0 spiro atoms. The molecule has 1 aliphatic heterocycles. The second-order valence-electron chi connectivity index (χ2n) is 5.32. The van der Waals surface area contributed by atoms with Crippen molar-refractivity contribution in [2.75, 3.05) is 24.6 Å². The fraction of sp³-hybridized carbons (Fsp3) is 0.294. The second-order valence-corrected chi connectivity index (χ2v) is 5.32. The molecule has 0 radical (unpaired) electrons. The van der Waals surface area contributed by atoms with Gasteiger partial charge in [0.25, 0.3) is 0 Å². The fourth-order valence-corrected chi connectivity index (χ4v) is 2.76. The first kappa shape index (κ1) is 13.9. The lowest BCUT2D eigenvalue weighted by Crippen LogP contribution is -2.44.